The zero-order chi connectivity index (χ0) is 12.9. The molecule has 0 radical (unpaired) electrons. The molecule has 0 heterocycles. The van der Waals surface area contributed by atoms with E-state index in [0.717, 1.165) is 0 Å². The van der Waals surface area contributed by atoms with Crippen molar-refractivity contribution in [2.24, 2.45) is 0 Å². The maximum Gasteiger partial charge on any atom is -0.0276 e. The molecule has 0 saturated carbocycles. The molecule has 0 N–H and O–H groups in total. The van der Waals surface area contributed by atoms with Crippen molar-refractivity contribution in [2.75, 3.05) is 0 Å². The third kappa shape index (κ3) is 3.47. The Labute approximate surface area is 116 Å². The molecule has 2 aromatic carbocycles. The lowest BCUT2D eigenvalue weighted by molar-refractivity contribution is 0.734. The highest BCUT2D eigenvalue weighted by molar-refractivity contribution is 5.25. The monoisotopic (exact) mass is 250 g/mol. The van der Waals surface area contributed by atoms with Crippen LogP contribution in [0.25, 0.3) is 0 Å². The van der Waals surface area contributed by atoms with E-state index in [-0.39, 0.29) is 0 Å². The molecule has 0 saturated heterocycles. The van der Waals surface area contributed by atoms with Gasteiger partial charge in [0, 0.05) is 0 Å². The Kier molecular flexibility index (Phi) is 3.98. The summed E-state index contributed by atoms with van der Waals surface area (Å²) in [4.78, 5) is 0. The van der Waals surface area contributed by atoms with Crippen LogP contribution in [0.4, 0.5) is 0 Å². The van der Waals surface area contributed by atoms with Crippen LogP contribution in [-0.2, 0) is 25.7 Å². The molecule has 19 heavy (non-hydrogen) atoms. The highest BCUT2D eigenvalue weighted by Crippen LogP contribution is 2.15. The largest absolute Gasteiger partial charge is 0.0588 e. The first-order chi connectivity index (χ1) is 9.40. The molecule has 2 aromatic rings. The van der Waals surface area contributed by atoms with Gasteiger partial charge in [0.25, 0.3) is 0 Å². The minimum Gasteiger partial charge on any atom is -0.0588 e. The fourth-order valence-corrected chi connectivity index (χ4v) is 2.90. The minimum atomic E-state index is 1.20. The van der Waals surface area contributed by atoms with Gasteiger partial charge in [-0.3, -0.25) is 0 Å². The fourth-order valence-electron chi connectivity index (χ4n) is 2.90. The molecular weight excluding hydrogens is 228 g/mol. The standard InChI is InChI=1S/C19H22/c1-2-5-17-10-14-19(15-11-17)7-3-6-18-12-8-16(4-1)9-13-18/h8-15H,1-7H2. The highest BCUT2D eigenvalue weighted by atomic mass is 14.1. The summed E-state index contributed by atoms with van der Waals surface area (Å²) < 4.78 is 0. The average molecular weight is 250 g/mol. The smallest absolute Gasteiger partial charge is 0.0276 e. The Morgan fingerprint density at radius 3 is 0.947 bits per heavy atom. The second-order valence-electron chi connectivity index (χ2n) is 5.69. The SMILES string of the molecule is c1cc2ccc1CCCCc1ccc(cc1)CCC2. The number of aryl methyl sites for hydroxylation is 4. The van der Waals surface area contributed by atoms with Crippen LogP contribution in [0.3, 0.4) is 0 Å². The first kappa shape index (κ1) is 12.5. The third-order valence-electron chi connectivity index (χ3n) is 4.16. The molecule has 4 aliphatic rings. The number of rotatable bonds is 0. The van der Waals surface area contributed by atoms with Crippen molar-refractivity contribution in [3.63, 3.8) is 0 Å². The van der Waals surface area contributed by atoms with Crippen LogP contribution in [0.5, 0.6) is 0 Å². The number of hydrogen-bond donors (Lipinski definition) is 0. The predicted octanol–water partition coefficient (Wildman–Crippen LogP) is 4.74. The van der Waals surface area contributed by atoms with Crippen LogP contribution in [0.15, 0.2) is 48.5 Å². The summed E-state index contributed by atoms with van der Waals surface area (Å²) in [6.45, 7) is 0. The lowest BCUT2D eigenvalue weighted by Gasteiger charge is -2.04. The van der Waals surface area contributed by atoms with E-state index >= 15 is 0 Å². The van der Waals surface area contributed by atoms with Gasteiger partial charge in [0.05, 0.1) is 0 Å². The van der Waals surface area contributed by atoms with E-state index in [4.69, 9.17) is 0 Å². The van der Waals surface area contributed by atoms with Gasteiger partial charge in [0.1, 0.15) is 0 Å². The van der Waals surface area contributed by atoms with Crippen LogP contribution in [0.2, 0.25) is 0 Å². The second-order valence-corrected chi connectivity index (χ2v) is 5.69. The van der Waals surface area contributed by atoms with Gasteiger partial charge < -0.3 is 0 Å². The molecular formula is C19H22. The van der Waals surface area contributed by atoms with E-state index in [1.165, 1.54) is 67.2 Å². The first-order valence-electron chi connectivity index (χ1n) is 7.56. The quantitative estimate of drug-likeness (QED) is 0.633. The van der Waals surface area contributed by atoms with Crippen molar-refractivity contribution >= 4 is 0 Å². The van der Waals surface area contributed by atoms with E-state index in [9.17, 15) is 0 Å². The molecule has 4 aliphatic carbocycles. The van der Waals surface area contributed by atoms with Crippen molar-refractivity contribution in [1.29, 1.82) is 0 Å². The predicted molar refractivity (Wildman–Crippen MR) is 81.6 cm³/mol. The average Bonchev–Trinajstić information content (AvgIpc) is 2.48. The number of hydrogen-bond acceptors (Lipinski definition) is 0. The van der Waals surface area contributed by atoms with E-state index in [0.29, 0.717) is 0 Å². The Hall–Kier alpha value is -1.56. The number of benzene rings is 2. The Morgan fingerprint density at radius 1 is 0.368 bits per heavy atom. The van der Waals surface area contributed by atoms with Gasteiger partial charge in [-0.1, -0.05) is 48.5 Å². The molecule has 4 bridgehead atoms. The van der Waals surface area contributed by atoms with Crippen molar-refractivity contribution in [1.82, 2.24) is 0 Å². The zero-order valence-corrected chi connectivity index (χ0v) is 11.6. The van der Waals surface area contributed by atoms with Gasteiger partial charge in [-0.25, -0.2) is 0 Å². The van der Waals surface area contributed by atoms with Crippen molar-refractivity contribution in [3.05, 3.63) is 70.8 Å². The molecule has 98 valence electrons. The summed E-state index contributed by atoms with van der Waals surface area (Å²) >= 11 is 0. The van der Waals surface area contributed by atoms with Gasteiger partial charge in [0.2, 0.25) is 0 Å². The summed E-state index contributed by atoms with van der Waals surface area (Å²) in [5.41, 5.74) is 5.95. The summed E-state index contributed by atoms with van der Waals surface area (Å²) in [6.07, 6.45) is 8.67. The molecule has 0 amide bonds. The van der Waals surface area contributed by atoms with E-state index < -0.39 is 0 Å². The molecule has 0 fully saturated rings. The van der Waals surface area contributed by atoms with Crippen LogP contribution < -0.4 is 0 Å². The van der Waals surface area contributed by atoms with Crippen molar-refractivity contribution in [2.45, 2.75) is 44.9 Å². The van der Waals surface area contributed by atoms with Crippen molar-refractivity contribution in [3.8, 4) is 0 Å². The van der Waals surface area contributed by atoms with Gasteiger partial charge in [-0.15, -0.1) is 0 Å². The van der Waals surface area contributed by atoms with Gasteiger partial charge >= 0.3 is 0 Å². The van der Waals surface area contributed by atoms with Gasteiger partial charge in [-0.05, 0) is 67.2 Å². The Balaban J connectivity index is 1.77. The first-order valence-corrected chi connectivity index (χ1v) is 7.56. The van der Waals surface area contributed by atoms with Crippen LogP contribution in [-0.4, -0.2) is 0 Å². The lowest BCUT2D eigenvalue weighted by Crippen LogP contribution is -1.91. The molecule has 0 aromatic heterocycles. The summed E-state index contributed by atoms with van der Waals surface area (Å²) in [6, 6.07) is 18.5. The summed E-state index contributed by atoms with van der Waals surface area (Å²) in [7, 11) is 0. The second kappa shape index (κ2) is 6.06. The fraction of sp³-hybridized carbons (Fsp3) is 0.368. The molecule has 0 heteroatoms. The minimum absolute atomic E-state index is 1.20. The molecule has 0 unspecified atom stereocenters. The molecule has 0 atom stereocenters. The third-order valence-corrected chi connectivity index (χ3v) is 4.16. The van der Waals surface area contributed by atoms with E-state index in [2.05, 4.69) is 48.5 Å². The van der Waals surface area contributed by atoms with Crippen LogP contribution in [0.1, 0.15) is 41.5 Å². The Morgan fingerprint density at radius 2 is 0.632 bits per heavy atom. The molecule has 6 rings (SSSR count). The van der Waals surface area contributed by atoms with Crippen molar-refractivity contribution < 1.29 is 0 Å². The maximum atomic E-state index is 2.32. The topological polar surface area (TPSA) is 0 Å². The molecule has 0 spiro atoms. The van der Waals surface area contributed by atoms with Gasteiger partial charge in [0.15, 0.2) is 0 Å². The maximum absolute atomic E-state index is 2.32. The van der Waals surface area contributed by atoms with E-state index in [1.807, 2.05) is 0 Å². The van der Waals surface area contributed by atoms with Crippen LogP contribution in [0, 0.1) is 0 Å². The lowest BCUT2D eigenvalue weighted by atomic mass is 10.0. The summed E-state index contributed by atoms with van der Waals surface area (Å²) in [5, 5.41) is 0. The normalized spacial score (nSPS) is 16.0. The van der Waals surface area contributed by atoms with E-state index in [1.54, 1.807) is 0 Å². The Bertz CT molecular complexity index is 455. The molecule has 0 aliphatic heterocycles. The zero-order valence-electron chi connectivity index (χ0n) is 11.6. The van der Waals surface area contributed by atoms with Crippen LogP contribution >= 0.6 is 0 Å². The summed E-state index contributed by atoms with van der Waals surface area (Å²) in [5.74, 6) is 0. The molecule has 0 nitrogen and oxygen atoms in total. The van der Waals surface area contributed by atoms with Gasteiger partial charge in [-0.2, -0.15) is 0 Å². The highest BCUT2D eigenvalue weighted by Gasteiger charge is 2.01.